The summed E-state index contributed by atoms with van der Waals surface area (Å²) < 4.78 is 2.35. The van der Waals surface area contributed by atoms with Crippen LogP contribution in [0.15, 0.2) is 0 Å². The molecule has 1 saturated heterocycles. The van der Waals surface area contributed by atoms with Crippen LogP contribution in [0.5, 0.6) is 0 Å². The maximum Gasteiger partial charge on any atom is 0.147 e. The van der Waals surface area contributed by atoms with Gasteiger partial charge in [0.1, 0.15) is 11.6 Å². The molecule has 1 unspecified atom stereocenters. The SMILES string of the molecule is CC(C)N(Cc1nnc2n1CCCC2)CC1CCCCN1. The fourth-order valence-corrected chi connectivity index (χ4v) is 3.49. The number of nitrogens with one attached hydrogen (secondary N) is 1. The van der Waals surface area contributed by atoms with Crippen LogP contribution < -0.4 is 5.32 Å². The summed E-state index contributed by atoms with van der Waals surface area (Å²) in [6.07, 6.45) is 7.63. The highest BCUT2D eigenvalue weighted by molar-refractivity contribution is 4.99. The minimum absolute atomic E-state index is 0.547. The van der Waals surface area contributed by atoms with Gasteiger partial charge in [-0.15, -0.1) is 10.2 Å². The van der Waals surface area contributed by atoms with Crippen LogP contribution in [0.1, 0.15) is 57.6 Å². The number of hydrogen-bond donors (Lipinski definition) is 1. The molecular weight excluding hydrogens is 262 g/mol. The van der Waals surface area contributed by atoms with Crippen LogP contribution >= 0.6 is 0 Å². The number of rotatable bonds is 5. The summed E-state index contributed by atoms with van der Waals surface area (Å²) in [5.41, 5.74) is 0. The lowest BCUT2D eigenvalue weighted by molar-refractivity contribution is 0.170. The Kier molecular flexibility index (Phi) is 4.91. The summed E-state index contributed by atoms with van der Waals surface area (Å²) in [7, 11) is 0. The normalized spacial score (nSPS) is 22.8. The van der Waals surface area contributed by atoms with Gasteiger partial charge in [-0.05, 0) is 46.1 Å². The van der Waals surface area contributed by atoms with Crippen LogP contribution in [0.3, 0.4) is 0 Å². The van der Waals surface area contributed by atoms with Crippen molar-refractivity contribution in [2.45, 2.75) is 77.5 Å². The molecule has 3 heterocycles. The molecule has 0 amide bonds. The fourth-order valence-electron chi connectivity index (χ4n) is 3.49. The molecule has 0 saturated carbocycles. The van der Waals surface area contributed by atoms with E-state index in [1.54, 1.807) is 0 Å². The summed E-state index contributed by atoms with van der Waals surface area (Å²) in [6, 6.07) is 1.19. The van der Waals surface area contributed by atoms with Crippen LogP contribution in [0.4, 0.5) is 0 Å². The third-order valence-corrected chi connectivity index (χ3v) is 4.88. The fraction of sp³-hybridized carbons (Fsp3) is 0.875. The Bertz CT molecular complexity index is 448. The highest BCUT2D eigenvalue weighted by Crippen LogP contribution is 2.17. The minimum Gasteiger partial charge on any atom is -0.314 e. The second-order valence-electron chi connectivity index (χ2n) is 6.81. The van der Waals surface area contributed by atoms with E-state index in [2.05, 4.69) is 38.8 Å². The molecular formula is C16H29N5. The third kappa shape index (κ3) is 3.64. The Morgan fingerprint density at radius 3 is 2.90 bits per heavy atom. The van der Waals surface area contributed by atoms with Gasteiger partial charge in [0.15, 0.2) is 0 Å². The van der Waals surface area contributed by atoms with Crippen LogP contribution in [-0.4, -0.2) is 44.8 Å². The third-order valence-electron chi connectivity index (χ3n) is 4.88. The molecule has 2 aliphatic heterocycles. The van der Waals surface area contributed by atoms with E-state index >= 15 is 0 Å². The van der Waals surface area contributed by atoms with E-state index in [0.29, 0.717) is 12.1 Å². The van der Waals surface area contributed by atoms with E-state index in [-0.39, 0.29) is 0 Å². The van der Waals surface area contributed by atoms with Gasteiger partial charge in [0.05, 0.1) is 6.54 Å². The molecule has 5 heteroatoms. The molecule has 0 aromatic carbocycles. The summed E-state index contributed by atoms with van der Waals surface area (Å²) in [4.78, 5) is 2.55. The topological polar surface area (TPSA) is 46.0 Å². The molecule has 2 aliphatic rings. The number of fused-ring (bicyclic) bond motifs is 1. The first-order chi connectivity index (χ1) is 10.2. The van der Waals surface area contributed by atoms with Crippen LogP contribution in [-0.2, 0) is 19.5 Å². The molecule has 21 heavy (non-hydrogen) atoms. The second kappa shape index (κ2) is 6.88. The van der Waals surface area contributed by atoms with Gasteiger partial charge in [0.25, 0.3) is 0 Å². The molecule has 118 valence electrons. The molecule has 1 N–H and O–H groups in total. The number of hydrogen-bond acceptors (Lipinski definition) is 4. The van der Waals surface area contributed by atoms with E-state index < -0.39 is 0 Å². The average molecular weight is 291 g/mol. The van der Waals surface area contributed by atoms with E-state index in [1.165, 1.54) is 44.5 Å². The average Bonchev–Trinajstić information content (AvgIpc) is 2.91. The number of piperidine rings is 1. The summed E-state index contributed by atoms with van der Waals surface area (Å²) in [6.45, 7) is 8.91. The van der Waals surface area contributed by atoms with Gasteiger partial charge < -0.3 is 9.88 Å². The van der Waals surface area contributed by atoms with Crippen LogP contribution in [0, 0.1) is 0 Å². The Morgan fingerprint density at radius 1 is 1.24 bits per heavy atom. The zero-order valence-corrected chi connectivity index (χ0v) is 13.5. The first-order valence-corrected chi connectivity index (χ1v) is 8.62. The lowest BCUT2D eigenvalue weighted by Crippen LogP contribution is -2.45. The Morgan fingerprint density at radius 2 is 2.14 bits per heavy atom. The first kappa shape index (κ1) is 15.0. The highest BCUT2D eigenvalue weighted by atomic mass is 15.3. The minimum atomic E-state index is 0.547. The molecule has 1 fully saturated rings. The van der Waals surface area contributed by atoms with Gasteiger partial charge >= 0.3 is 0 Å². The van der Waals surface area contributed by atoms with Gasteiger partial charge in [-0.3, -0.25) is 4.90 Å². The molecule has 0 spiro atoms. The zero-order valence-electron chi connectivity index (χ0n) is 13.5. The van der Waals surface area contributed by atoms with E-state index in [0.717, 1.165) is 31.9 Å². The van der Waals surface area contributed by atoms with Crippen LogP contribution in [0.25, 0.3) is 0 Å². The van der Waals surface area contributed by atoms with E-state index in [1.807, 2.05) is 0 Å². The second-order valence-corrected chi connectivity index (χ2v) is 6.81. The van der Waals surface area contributed by atoms with Gasteiger partial charge in [0, 0.05) is 31.6 Å². The van der Waals surface area contributed by atoms with Gasteiger partial charge in [-0.2, -0.15) is 0 Å². The van der Waals surface area contributed by atoms with Gasteiger partial charge in [-0.1, -0.05) is 6.42 Å². The quantitative estimate of drug-likeness (QED) is 0.901. The van der Waals surface area contributed by atoms with Gasteiger partial charge in [0.2, 0.25) is 0 Å². The molecule has 3 rings (SSSR count). The van der Waals surface area contributed by atoms with Crippen LogP contribution in [0.2, 0.25) is 0 Å². The zero-order chi connectivity index (χ0) is 14.7. The lowest BCUT2D eigenvalue weighted by atomic mass is 10.0. The maximum atomic E-state index is 4.46. The van der Waals surface area contributed by atoms with E-state index in [4.69, 9.17) is 0 Å². The molecule has 0 bridgehead atoms. The van der Waals surface area contributed by atoms with Crippen molar-refractivity contribution in [1.29, 1.82) is 0 Å². The molecule has 0 radical (unpaired) electrons. The molecule has 1 aromatic rings. The van der Waals surface area contributed by atoms with Crippen molar-refractivity contribution in [1.82, 2.24) is 25.0 Å². The molecule has 1 aromatic heterocycles. The number of aromatic nitrogens is 3. The molecule has 1 atom stereocenters. The summed E-state index contributed by atoms with van der Waals surface area (Å²) in [5.74, 6) is 2.35. The van der Waals surface area contributed by atoms with Crippen molar-refractivity contribution in [3.05, 3.63) is 11.6 Å². The van der Waals surface area contributed by atoms with E-state index in [9.17, 15) is 0 Å². The highest BCUT2D eigenvalue weighted by Gasteiger charge is 2.22. The van der Waals surface area contributed by atoms with Gasteiger partial charge in [-0.25, -0.2) is 0 Å². The lowest BCUT2D eigenvalue weighted by Gasteiger charge is -2.33. The molecule has 0 aliphatic carbocycles. The monoisotopic (exact) mass is 291 g/mol. The Labute approximate surface area is 128 Å². The summed E-state index contributed by atoms with van der Waals surface area (Å²) in [5, 5.41) is 12.5. The van der Waals surface area contributed by atoms with Crippen molar-refractivity contribution in [3.63, 3.8) is 0 Å². The Balaban J connectivity index is 1.65. The van der Waals surface area contributed by atoms with Crippen molar-refractivity contribution in [2.75, 3.05) is 13.1 Å². The molecule has 5 nitrogen and oxygen atoms in total. The van der Waals surface area contributed by atoms with Crippen molar-refractivity contribution >= 4 is 0 Å². The smallest absolute Gasteiger partial charge is 0.147 e. The Hall–Kier alpha value is -0.940. The first-order valence-electron chi connectivity index (χ1n) is 8.62. The van der Waals surface area contributed by atoms with Crippen molar-refractivity contribution in [2.24, 2.45) is 0 Å². The predicted octanol–water partition coefficient (Wildman–Crippen LogP) is 1.97. The largest absolute Gasteiger partial charge is 0.314 e. The van der Waals surface area contributed by atoms with Crippen molar-refractivity contribution < 1.29 is 0 Å². The number of aryl methyl sites for hydroxylation is 1. The predicted molar refractivity (Wildman–Crippen MR) is 84.1 cm³/mol. The standard InChI is InChI=1S/C16H29N5/c1-13(2)20(11-14-7-3-5-9-17-14)12-16-19-18-15-8-4-6-10-21(15)16/h13-14,17H,3-12H2,1-2H3. The van der Waals surface area contributed by atoms with Crippen molar-refractivity contribution in [3.8, 4) is 0 Å². The number of nitrogens with zero attached hydrogens (tertiary/aromatic N) is 4. The maximum absolute atomic E-state index is 4.46. The summed E-state index contributed by atoms with van der Waals surface area (Å²) >= 11 is 0.